The first-order chi connectivity index (χ1) is 5.69. The molecule has 3 unspecified atom stereocenters. The van der Waals surface area contributed by atoms with E-state index < -0.39 is 0 Å². The lowest BCUT2D eigenvalue weighted by atomic mass is 10.3. The number of carbonyl (C=O) groups is 1. The molecule has 1 rings (SSSR count). The van der Waals surface area contributed by atoms with Crippen molar-refractivity contribution in [1.82, 2.24) is 5.32 Å². The van der Waals surface area contributed by atoms with Crippen LogP contribution in [0.4, 0.5) is 0 Å². The number of hydrogen-bond acceptors (Lipinski definition) is 3. The predicted octanol–water partition coefficient (Wildman–Crippen LogP) is 0.936. The molecule has 0 aromatic carbocycles. The summed E-state index contributed by atoms with van der Waals surface area (Å²) in [6.07, 6.45) is 2.41. The Morgan fingerprint density at radius 1 is 1.75 bits per heavy atom. The van der Waals surface area contributed by atoms with Crippen LogP contribution in [0.25, 0.3) is 0 Å². The number of carbonyl (C=O) groups excluding carboxylic acids is 1. The summed E-state index contributed by atoms with van der Waals surface area (Å²) < 4.78 is 4.61. The van der Waals surface area contributed by atoms with Crippen LogP contribution in [0.1, 0.15) is 26.7 Å². The Balaban J connectivity index is 2.19. The van der Waals surface area contributed by atoms with Crippen LogP contribution in [0, 0.1) is 5.92 Å². The third-order valence-corrected chi connectivity index (χ3v) is 2.47. The highest BCUT2D eigenvalue weighted by Crippen LogP contribution is 2.33. The number of rotatable bonds is 4. The molecule has 3 atom stereocenters. The van der Waals surface area contributed by atoms with Crippen molar-refractivity contribution >= 4 is 5.97 Å². The Hall–Kier alpha value is -0.570. The van der Waals surface area contributed by atoms with Gasteiger partial charge in [0, 0.05) is 6.04 Å². The molecule has 0 aromatic heterocycles. The van der Waals surface area contributed by atoms with Crippen molar-refractivity contribution in [2.45, 2.75) is 38.8 Å². The molecule has 0 aliphatic heterocycles. The second kappa shape index (κ2) is 3.90. The van der Waals surface area contributed by atoms with Gasteiger partial charge in [-0.3, -0.25) is 4.79 Å². The van der Waals surface area contributed by atoms with Crippen LogP contribution in [0.5, 0.6) is 0 Å². The first-order valence-electron chi connectivity index (χ1n) is 4.53. The van der Waals surface area contributed by atoms with Gasteiger partial charge in [0.05, 0.1) is 7.11 Å². The molecule has 12 heavy (non-hydrogen) atoms. The number of ether oxygens (including phenoxy) is 1. The maximum absolute atomic E-state index is 11.0. The van der Waals surface area contributed by atoms with E-state index in [9.17, 15) is 4.79 Å². The van der Waals surface area contributed by atoms with E-state index in [4.69, 9.17) is 0 Å². The summed E-state index contributed by atoms with van der Waals surface area (Å²) in [7, 11) is 1.42. The summed E-state index contributed by atoms with van der Waals surface area (Å²) in [6.45, 7) is 4.02. The van der Waals surface area contributed by atoms with E-state index in [-0.39, 0.29) is 12.0 Å². The molecule has 3 nitrogen and oxygen atoms in total. The van der Waals surface area contributed by atoms with Crippen LogP contribution in [-0.4, -0.2) is 25.2 Å². The van der Waals surface area contributed by atoms with Crippen molar-refractivity contribution in [3.8, 4) is 0 Å². The molecule has 1 fully saturated rings. The number of nitrogens with one attached hydrogen (secondary N) is 1. The highest BCUT2D eigenvalue weighted by molar-refractivity contribution is 5.75. The largest absolute Gasteiger partial charge is 0.468 e. The molecule has 0 saturated heterocycles. The van der Waals surface area contributed by atoms with Gasteiger partial charge < -0.3 is 10.1 Å². The third-order valence-electron chi connectivity index (χ3n) is 2.47. The minimum Gasteiger partial charge on any atom is -0.468 e. The fourth-order valence-corrected chi connectivity index (χ4v) is 1.47. The summed E-state index contributed by atoms with van der Waals surface area (Å²) in [4.78, 5) is 11.0. The van der Waals surface area contributed by atoms with Crippen molar-refractivity contribution in [2.75, 3.05) is 7.11 Å². The van der Waals surface area contributed by atoms with Gasteiger partial charge in [-0.1, -0.05) is 13.3 Å². The molecule has 3 heteroatoms. The molecule has 1 N–H and O–H groups in total. The van der Waals surface area contributed by atoms with Gasteiger partial charge in [-0.15, -0.1) is 0 Å². The SMILES string of the molecule is CCC1CC1NC(C)C(=O)OC. The zero-order chi connectivity index (χ0) is 9.14. The zero-order valence-electron chi connectivity index (χ0n) is 7.96. The maximum Gasteiger partial charge on any atom is 0.322 e. The Labute approximate surface area is 73.5 Å². The molecule has 1 aliphatic rings. The fraction of sp³-hybridized carbons (Fsp3) is 0.889. The van der Waals surface area contributed by atoms with Gasteiger partial charge in [-0.2, -0.15) is 0 Å². The quantitative estimate of drug-likeness (QED) is 0.640. The molecule has 0 radical (unpaired) electrons. The van der Waals surface area contributed by atoms with Crippen molar-refractivity contribution in [3.63, 3.8) is 0 Å². The normalized spacial score (nSPS) is 29.6. The Kier molecular flexibility index (Phi) is 3.09. The first kappa shape index (κ1) is 9.52. The van der Waals surface area contributed by atoms with E-state index in [1.54, 1.807) is 0 Å². The van der Waals surface area contributed by atoms with Gasteiger partial charge in [0.25, 0.3) is 0 Å². The molecule has 0 aromatic rings. The first-order valence-corrected chi connectivity index (χ1v) is 4.53. The molecule has 1 aliphatic carbocycles. The monoisotopic (exact) mass is 171 g/mol. The number of esters is 1. The summed E-state index contributed by atoms with van der Waals surface area (Å²) in [5.41, 5.74) is 0. The number of hydrogen-bond donors (Lipinski definition) is 1. The van der Waals surface area contributed by atoms with Crippen LogP contribution < -0.4 is 5.32 Å². The van der Waals surface area contributed by atoms with Gasteiger partial charge in [0.15, 0.2) is 0 Å². The Morgan fingerprint density at radius 3 is 2.83 bits per heavy atom. The van der Waals surface area contributed by atoms with E-state index in [0.29, 0.717) is 6.04 Å². The summed E-state index contributed by atoms with van der Waals surface area (Å²) in [5, 5.41) is 3.23. The lowest BCUT2D eigenvalue weighted by molar-refractivity contribution is -0.142. The second-order valence-electron chi connectivity index (χ2n) is 3.42. The summed E-state index contributed by atoms with van der Waals surface area (Å²) in [6, 6.07) is 0.389. The van der Waals surface area contributed by atoms with Crippen molar-refractivity contribution in [3.05, 3.63) is 0 Å². The highest BCUT2D eigenvalue weighted by Gasteiger charge is 2.36. The Bertz CT molecular complexity index is 170. The van der Waals surface area contributed by atoms with Crippen LogP contribution >= 0.6 is 0 Å². The van der Waals surface area contributed by atoms with E-state index in [2.05, 4.69) is 17.0 Å². The number of methoxy groups -OCH3 is 1. The summed E-state index contributed by atoms with van der Waals surface area (Å²) >= 11 is 0. The Morgan fingerprint density at radius 2 is 2.42 bits per heavy atom. The maximum atomic E-state index is 11.0. The smallest absolute Gasteiger partial charge is 0.322 e. The minimum atomic E-state index is -0.170. The predicted molar refractivity (Wildman–Crippen MR) is 46.8 cm³/mol. The molecule has 0 bridgehead atoms. The average Bonchev–Trinajstić information content (AvgIpc) is 2.81. The molecular weight excluding hydrogens is 154 g/mol. The zero-order valence-corrected chi connectivity index (χ0v) is 7.96. The van der Waals surface area contributed by atoms with Crippen LogP contribution in [0.15, 0.2) is 0 Å². The molecular formula is C9H17NO2. The van der Waals surface area contributed by atoms with E-state index >= 15 is 0 Å². The van der Waals surface area contributed by atoms with E-state index in [0.717, 1.165) is 5.92 Å². The molecule has 0 spiro atoms. The van der Waals surface area contributed by atoms with Gasteiger partial charge in [-0.25, -0.2) is 0 Å². The van der Waals surface area contributed by atoms with Crippen molar-refractivity contribution in [1.29, 1.82) is 0 Å². The average molecular weight is 171 g/mol. The van der Waals surface area contributed by atoms with Crippen LogP contribution in [0.2, 0.25) is 0 Å². The topological polar surface area (TPSA) is 38.3 Å². The molecule has 0 amide bonds. The van der Waals surface area contributed by atoms with Crippen molar-refractivity contribution < 1.29 is 9.53 Å². The lowest BCUT2D eigenvalue weighted by Crippen LogP contribution is -2.36. The second-order valence-corrected chi connectivity index (χ2v) is 3.42. The standard InChI is InChI=1S/C9H17NO2/c1-4-7-5-8(7)10-6(2)9(11)12-3/h6-8,10H,4-5H2,1-3H3. The lowest BCUT2D eigenvalue weighted by Gasteiger charge is -2.10. The molecule has 1 saturated carbocycles. The highest BCUT2D eigenvalue weighted by atomic mass is 16.5. The summed E-state index contributed by atoms with van der Waals surface area (Å²) in [5.74, 6) is 0.605. The van der Waals surface area contributed by atoms with E-state index in [1.807, 2.05) is 6.92 Å². The molecule has 70 valence electrons. The third kappa shape index (κ3) is 2.21. The van der Waals surface area contributed by atoms with Gasteiger partial charge in [0.1, 0.15) is 6.04 Å². The fourth-order valence-electron chi connectivity index (χ4n) is 1.47. The van der Waals surface area contributed by atoms with Crippen LogP contribution in [0.3, 0.4) is 0 Å². The minimum absolute atomic E-state index is 0.156. The van der Waals surface area contributed by atoms with E-state index in [1.165, 1.54) is 20.0 Å². The van der Waals surface area contributed by atoms with Gasteiger partial charge in [0.2, 0.25) is 0 Å². The van der Waals surface area contributed by atoms with Gasteiger partial charge in [-0.05, 0) is 19.3 Å². The molecule has 0 heterocycles. The van der Waals surface area contributed by atoms with Crippen molar-refractivity contribution in [2.24, 2.45) is 5.92 Å². The van der Waals surface area contributed by atoms with Crippen LogP contribution in [-0.2, 0) is 9.53 Å². The van der Waals surface area contributed by atoms with Gasteiger partial charge >= 0.3 is 5.97 Å².